The van der Waals surface area contributed by atoms with Gasteiger partial charge in [-0.2, -0.15) is 4.31 Å². The van der Waals surface area contributed by atoms with Gasteiger partial charge >= 0.3 is 0 Å². The van der Waals surface area contributed by atoms with Gasteiger partial charge in [0.1, 0.15) is 12.4 Å². The number of hydrogen-bond acceptors (Lipinski definition) is 5. The van der Waals surface area contributed by atoms with E-state index in [1.807, 2.05) is 6.92 Å². The van der Waals surface area contributed by atoms with Crippen LogP contribution >= 0.6 is 0 Å². The largest absolute Gasteiger partial charge is 0.492 e. The second kappa shape index (κ2) is 8.21. The zero-order chi connectivity index (χ0) is 15.0. The minimum Gasteiger partial charge on any atom is -0.492 e. The maximum Gasteiger partial charge on any atom is 0.242 e. The molecular formula is C13H22N2O4S. The molecule has 2 N–H and O–H groups in total. The van der Waals surface area contributed by atoms with E-state index in [0.717, 1.165) is 0 Å². The molecule has 0 spiro atoms. The molecule has 20 heavy (non-hydrogen) atoms. The number of rotatable bonds is 9. The van der Waals surface area contributed by atoms with Crippen molar-refractivity contribution in [3.05, 3.63) is 24.3 Å². The SMILES string of the molecule is CCOCCN(C)S(=O)(=O)c1ccc(OCCN)cc1. The van der Waals surface area contributed by atoms with Crippen molar-refractivity contribution in [3.8, 4) is 5.75 Å². The Morgan fingerprint density at radius 1 is 1.20 bits per heavy atom. The normalized spacial score (nSPS) is 11.8. The Kier molecular flexibility index (Phi) is 6.94. The number of likely N-dealkylation sites (N-methyl/N-ethyl adjacent to an activating group) is 1. The lowest BCUT2D eigenvalue weighted by atomic mass is 10.3. The zero-order valence-corrected chi connectivity index (χ0v) is 12.7. The summed E-state index contributed by atoms with van der Waals surface area (Å²) < 4.78 is 36.3. The van der Waals surface area contributed by atoms with E-state index in [-0.39, 0.29) is 4.90 Å². The standard InChI is InChI=1S/C13H22N2O4S/c1-3-18-11-9-15(2)20(16,17)13-6-4-12(5-7-13)19-10-8-14/h4-7H,3,8-11,14H2,1-2H3. The first-order chi connectivity index (χ1) is 9.52. The molecule has 0 atom stereocenters. The maximum absolute atomic E-state index is 12.3. The highest BCUT2D eigenvalue weighted by Crippen LogP contribution is 2.18. The highest BCUT2D eigenvalue weighted by Gasteiger charge is 2.20. The Morgan fingerprint density at radius 2 is 1.85 bits per heavy atom. The Bertz CT molecular complexity index is 488. The zero-order valence-electron chi connectivity index (χ0n) is 11.9. The van der Waals surface area contributed by atoms with Crippen molar-refractivity contribution in [2.45, 2.75) is 11.8 Å². The minimum absolute atomic E-state index is 0.233. The molecule has 114 valence electrons. The van der Waals surface area contributed by atoms with Crippen LogP contribution in [0.4, 0.5) is 0 Å². The number of nitrogens with zero attached hydrogens (tertiary/aromatic N) is 1. The fourth-order valence-corrected chi connectivity index (χ4v) is 2.68. The third kappa shape index (κ3) is 4.75. The van der Waals surface area contributed by atoms with Crippen LogP contribution in [-0.2, 0) is 14.8 Å². The van der Waals surface area contributed by atoms with Crippen molar-refractivity contribution in [2.75, 3.05) is 40.0 Å². The molecule has 0 aliphatic heterocycles. The molecule has 6 nitrogen and oxygen atoms in total. The molecule has 1 aromatic rings. The first kappa shape index (κ1) is 16.9. The molecule has 0 unspecified atom stereocenters. The molecule has 0 aliphatic carbocycles. The molecular weight excluding hydrogens is 280 g/mol. The van der Waals surface area contributed by atoms with E-state index < -0.39 is 10.0 Å². The van der Waals surface area contributed by atoms with Gasteiger partial charge in [0, 0.05) is 26.7 Å². The van der Waals surface area contributed by atoms with Crippen LogP contribution < -0.4 is 10.5 Å². The summed E-state index contributed by atoms with van der Waals surface area (Å²) >= 11 is 0. The summed E-state index contributed by atoms with van der Waals surface area (Å²) in [5.41, 5.74) is 5.33. The van der Waals surface area contributed by atoms with Crippen LogP contribution in [0.15, 0.2) is 29.2 Å². The van der Waals surface area contributed by atoms with Gasteiger partial charge in [-0.25, -0.2) is 8.42 Å². The van der Waals surface area contributed by atoms with E-state index >= 15 is 0 Å². The second-order valence-electron chi connectivity index (χ2n) is 4.13. The van der Waals surface area contributed by atoms with E-state index in [1.165, 1.54) is 23.5 Å². The van der Waals surface area contributed by atoms with E-state index in [1.54, 1.807) is 12.1 Å². The Labute approximate surface area is 120 Å². The average Bonchev–Trinajstić information content (AvgIpc) is 2.45. The predicted octanol–water partition coefficient (Wildman–Crippen LogP) is 0.681. The molecule has 0 aliphatic rings. The van der Waals surface area contributed by atoms with Crippen molar-refractivity contribution in [3.63, 3.8) is 0 Å². The van der Waals surface area contributed by atoms with Crippen LogP contribution in [0.1, 0.15) is 6.92 Å². The first-order valence-corrected chi connectivity index (χ1v) is 7.93. The molecule has 0 bridgehead atoms. The lowest BCUT2D eigenvalue weighted by Crippen LogP contribution is -2.30. The monoisotopic (exact) mass is 302 g/mol. The number of benzene rings is 1. The molecule has 7 heteroatoms. The molecule has 0 aromatic heterocycles. The Hall–Kier alpha value is -1.15. The number of hydrogen-bond donors (Lipinski definition) is 1. The van der Waals surface area contributed by atoms with Gasteiger partial charge in [0.15, 0.2) is 0 Å². The van der Waals surface area contributed by atoms with Gasteiger partial charge < -0.3 is 15.2 Å². The van der Waals surface area contributed by atoms with Gasteiger partial charge in [-0.05, 0) is 31.2 Å². The van der Waals surface area contributed by atoms with Crippen LogP contribution in [0.2, 0.25) is 0 Å². The highest BCUT2D eigenvalue weighted by atomic mass is 32.2. The molecule has 1 rings (SSSR count). The van der Waals surface area contributed by atoms with Crippen LogP contribution in [0, 0.1) is 0 Å². The van der Waals surface area contributed by atoms with Crippen LogP contribution in [0.25, 0.3) is 0 Å². The number of sulfonamides is 1. The fraction of sp³-hybridized carbons (Fsp3) is 0.538. The molecule has 0 amide bonds. The van der Waals surface area contributed by atoms with Crippen LogP contribution in [-0.4, -0.2) is 52.7 Å². The highest BCUT2D eigenvalue weighted by molar-refractivity contribution is 7.89. The van der Waals surface area contributed by atoms with Crippen molar-refractivity contribution in [1.82, 2.24) is 4.31 Å². The van der Waals surface area contributed by atoms with Crippen molar-refractivity contribution in [1.29, 1.82) is 0 Å². The molecule has 0 saturated heterocycles. The smallest absolute Gasteiger partial charge is 0.242 e. The Morgan fingerprint density at radius 3 is 2.40 bits per heavy atom. The molecule has 0 saturated carbocycles. The van der Waals surface area contributed by atoms with Gasteiger partial charge in [0.2, 0.25) is 10.0 Å². The number of ether oxygens (including phenoxy) is 2. The quantitative estimate of drug-likeness (QED) is 0.678. The molecule has 1 aromatic carbocycles. The summed E-state index contributed by atoms with van der Waals surface area (Å²) in [7, 11) is -1.95. The van der Waals surface area contributed by atoms with Gasteiger partial charge in [0.25, 0.3) is 0 Å². The van der Waals surface area contributed by atoms with E-state index in [9.17, 15) is 8.42 Å². The lowest BCUT2D eigenvalue weighted by Gasteiger charge is -2.17. The van der Waals surface area contributed by atoms with E-state index in [4.69, 9.17) is 15.2 Å². The van der Waals surface area contributed by atoms with Crippen molar-refractivity contribution in [2.24, 2.45) is 5.73 Å². The minimum atomic E-state index is -3.48. The lowest BCUT2D eigenvalue weighted by molar-refractivity contribution is 0.138. The summed E-state index contributed by atoms with van der Waals surface area (Å²) in [5, 5.41) is 0. The third-order valence-electron chi connectivity index (χ3n) is 2.67. The van der Waals surface area contributed by atoms with Crippen molar-refractivity contribution >= 4 is 10.0 Å². The van der Waals surface area contributed by atoms with Gasteiger partial charge in [-0.15, -0.1) is 0 Å². The van der Waals surface area contributed by atoms with Crippen LogP contribution in [0.3, 0.4) is 0 Å². The topological polar surface area (TPSA) is 81.9 Å². The fourth-order valence-electron chi connectivity index (χ4n) is 1.52. The maximum atomic E-state index is 12.3. The summed E-state index contributed by atoms with van der Waals surface area (Å²) in [4.78, 5) is 0.233. The van der Waals surface area contributed by atoms with E-state index in [2.05, 4.69) is 0 Å². The number of nitrogens with two attached hydrogens (primary N) is 1. The summed E-state index contributed by atoms with van der Waals surface area (Å²) in [5.74, 6) is 0.603. The van der Waals surface area contributed by atoms with E-state index in [0.29, 0.717) is 38.7 Å². The predicted molar refractivity (Wildman–Crippen MR) is 77.3 cm³/mol. The third-order valence-corrected chi connectivity index (χ3v) is 4.54. The average molecular weight is 302 g/mol. The summed E-state index contributed by atoms with van der Waals surface area (Å²) in [6.07, 6.45) is 0. The van der Waals surface area contributed by atoms with Gasteiger partial charge in [0.05, 0.1) is 11.5 Å². The van der Waals surface area contributed by atoms with Crippen molar-refractivity contribution < 1.29 is 17.9 Å². The van der Waals surface area contributed by atoms with Gasteiger partial charge in [-0.3, -0.25) is 0 Å². The molecule has 0 radical (unpaired) electrons. The molecule has 0 fully saturated rings. The van der Waals surface area contributed by atoms with Gasteiger partial charge in [-0.1, -0.05) is 0 Å². The van der Waals surface area contributed by atoms with Crippen LogP contribution in [0.5, 0.6) is 5.75 Å². The summed E-state index contributed by atoms with van der Waals surface area (Å²) in [6.45, 7) is 3.96. The first-order valence-electron chi connectivity index (χ1n) is 6.49. The Balaban J connectivity index is 2.71. The second-order valence-corrected chi connectivity index (χ2v) is 6.18. The summed E-state index contributed by atoms with van der Waals surface area (Å²) in [6, 6.07) is 6.30. The molecule has 0 heterocycles.